The first-order valence-corrected chi connectivity index (χ1v) is 10.1. The second-order valence-electron chi connectivity index (χ2n) is 6.39. The van der Waals surface area contributed by atoms with Crippen LogP contribution < -0.4 is 9.62 Å². The highest BCUT2D eigenvalue weighted by Gasteiger charge is 2.23. The normalized spacial score (nSPS) is 14.9. The van der Waals surface area contributed by atoms with Gasteiger partial charge < -0.3 is 5.32 Å². The zero-order chi connectivity index (χ0) is 17.7. The lowest BCUT2D eigenvalue weighted by Gasteiger charge is -2.25. The Bertz CT molecular complexity index is 718. The summed E-state index contributed by atoms with van der Waals surface area (Å²) in [5, 5.41) is 2.85. The Morgan fingerprint density at radius 1 is 1.21 bits per heavy atom. The lowest BCUT2D eigenvalue weighted by atomic mass is 10.00. The van der Waals surface area contributed by atoms with Crippen LogP contribution in [0.2, 0.25) is 0 Å². The van der Waals surface area contributed by atoms with Gasteiger partial charge in [-0.1, -0.05) is 29.8 Å². The van der Waals surface area contributed by atoms with Crippen LogP contribution in [0.4, 0.5) is 5.69 Å². The molecule has 0 radical (unpaired) electrons. The fourth-order valence-corrected chi connectivity index (χ4v) is 4.00. The predicted molar refractivity (Wildman–Crippen MR) is 97.7 cm³/mol. The molecule has 1 aromatic rings. The number of hydrogen-bond donors (Lipinski definition) is 1. The van der Waals surface area contributed by atoms with Crippen LogP contribution in [0.1, 0.15) is 36.8 Å². The third-order valence-corrected chi connectivity index (χ3v) is 5.39. The number of nitrogens with zero attached hydrogens (tertiary/aromatic N) is 1. The highest BCUT2D eigenvalue weighted by Crippen LogP contribution is 2.26. The van der Waals surface area contributed by atoms with Gasteiger partial charge in [0.1, 0.15) is 6.54 Å². The lowest BCUT2D eigenvalue weighted by molar-refractivity contribution is -0.119. The van der Waals surface area contributed by atoms with Crippen molar-refractivity contribution < 1.29 is 13.2 Å². The smallest absolute Gasteiger partial charge is 0.241 e. The molecule has 0 heterocycles. The number of sulfonamides is 1. The van der Waals surface area contributed by atoms with Crippen molar-refractivity contribution in [3.8, 4) is 0 Å². The van der Waals surface area contributed by atoms with Gasteiger partial charge in [-0.25, -0.2) is 8.42 Å². The van der Waals surface area contributed by atoms with Crippen LogP contribution in [-0.2, 0) is 14.8 Å². The maximum Gasteiger partial charge on any atom is 0.241 e. The summed E-state index contributed by atoms with van der Waals surface area (Å²) in [4.78, 5) is 12.3. The number of benzene rings is 1. The summed E-state index contributed by atoms with van der Waals surface area (Å²) < 4.78 is 25.6. The van der Waals surface area contributed by atoms with Crippen molar-refractivity contribution in [2.75, 3.05) is 23.7 Å². The Balaban J connectivity index is 2.12. The van der Waals surface area contributed by atoms with Gasteiger partial charge in [-0.2, -0.15) is 0 Å². The van der Waals surface area contributed by atoms with Crippen molar-refractivity contribution in [1.82, 2.24) is 5.32 Å². The molecule has 1 N–H and O–H groups in total. The number of allylic oxidation sites excluding steroid dienone is 1. The molecule has 132 valence electrons. The van der Waals surface area contributed by atoms with Gasteiger partial charge in [-0.3, -0.25) is 9.10 Å². The second kappa shape index (κ2) is 7.83. The van der Waals surface area contributed by atoms with Gasteiger partial charge in [-0.15, -0.1) is 0 Å². The minimum atomic E-state index is -3.54. The van der Waals surface area contributed by atoms with Crippen molar-refractivity contribution in [3.63, 3.8) is 0 Å². The van der Waals surface area contributed by atoms with Crippen LogP contribution in [0.5, 0.6) is 0 Å². The molecule has 2 rings (SSSR count). The summed E-state index contributed by atoms with van der Waals surface area (Å²) >= 11 is 0. The first-order chi connectivity index (χ1) is 11.3. The molecule has 0 saturated carbocycles. The van der Waals surface area contributed by atoms with Crippen LogP contribution in [-0.4, -0.2) is 33.7 Å². The van der Waals surface area contributed by atoms with E-state index < -0.39 is 10.0 Å². The highest BCUT2D eigenvalue weighted by atomic mass is 32.2. The number of para-hydroxylation sites is 1. The molecule has 0 spiro atoms. The molecule has 5 nitrogen and oxygen atoms in total. The summed E-state index contributed by atoms with van der Waals surface area (Å²) in [5.41, 5.74) is 3.49. The minimum absolute atomic E-state index is 0.197. The molecule has 1 aliphatic carbocycles. The average Bonchev–Trinajstić information content (AvgIpc) is 2.52. The average molecular weight is 350 g/mol. The van der Waals surface area contributed by atoms with Gasteiger partial charge in [0, 0.05) is 6.54 Å². The Hall–Kier alpha value is -1.82. The molecule has 0 aromatic heterocycles. The summed E-state index contributed by atoms with van der Waals surface area (Å²) in [6.45, 7) is 4.01. The van der Waals surface area contributed by atoms with Crippen LogP contribution >= 0.6 is 0 Å². The Morgan fingerprint density at radius 2 is 1.88 bits per heavy atom. The predicted octanol–water partition coefficient (Wildman–Crippen LogP) is 2.69. The minimum Gasteiger partial charge on any atom is -0.351 e. The van der Waals surface area contributed by atoms with Gasteiger partial charge >= 0.3 is 0 Å². The van der Waals surface area contributed by atoms with Crippen LogP contribution in [0.25, 0.3) is 0 Å². The van der Waals surface area contributed by atoms with Crippen molar-refractivity contribution >= 4 is 21.6 Å². The summed E-state index contributed by atoms with van der Waals surface area (Å²) in [7, 11) is -3.54. The number of anilines is 1. The zero-order valence-corrected chi connectivity index (χ0v) is 15.4. The maximum absolute atomic E-state index is 12.3. The van der Waals surface area contributed by atoms with E-state index in [9.17, 15) is 13.2 Å². The van der Waals surface area contributed by atoms with Crippen molar-refractivity contribution in [2.24, 2.45) is 0 Å². The maximum atomic E-state index is 12.3. The van der Waals surface area contributed by atoms with Gasteiger partial charge in [0.05, 0.1) is 11.9 Å². The van der Waals surface area contributed by atoms with Crippen LogP contribution in [0, 0.1) is 13.8 Å². The molecular formula is C18H26N2O3S. The molecule has 0 unspecified atom stereocenters. The third-order valence-electron chi connectivity index (χ3n) is 4.27. The van der Waals surface area contributed by atoms with Crippen molar-refractivity contribution in [1.29, 1.82) is 0 Å². The fraction of sp³-hybridized carbons (Fsp3) is 0.500. The Morgan fingerprint density at radius 3 is 2.42 bits per heavy atom. The third kappa shape index (κ3) is 4.84. The number of aryl methyl sites for hydroxylation is 2. The van der Waals surface area contributed by atoms with Crippen molar-refractivity contribution in [3.05, 3.63) is 41.0 Å². The number of rotatable bonds is 6. The quantitative estimate of drug-likeness (QED) is 0.802. The molecular weight excluding hydrogens is 324 g/mol. The molecule has 24 heavy (non-hydrogen) atoms. The Labute approximate surface area is 144 Å². The summed E-state index contributed by atoms with van der Waals surface area (Å²) in [5.74, 6) is -0.283. The SMILES string of the molecule is Cc1cccc(C)c1N(CC(=O)NCC1=CCCCC1)S(C)(=O)=O. The largest absolute Gasteiger partial charge is 0.351 e. The fourth-order valence-electron chi connectivity index (χ4n) is 3.02. The number of carbonyl (C=O) groups is 1. The number of amides is 1. The van der Waals surface area contributed by atoms with Gasteiger partial charge in [0.15, 0.2) is 0 Å². The van der Waals surface area contributed by atoms with Crippen LogP contribution in [0.15, 0.2) is 29.8 Å². The molecule has 0 saturated heterocycles. The number of carbonyl (C=O) groups excluding carboxylic acids is 1. The van der Waals surface area contributed by atoms with E-state index in [4.69, 9.17) is 0 Å². The molecule has 0 fully saturated rings. The van der Waals surface area contributed by atoms with E-state index in [1.54, 1.807) is 0 Å². The van der Waals surface area contributed by atoms with Crippen LogP contribution in [0.3, 0.4) is 0 Å². The first-order valence-electron chi connectivity index (χ1n) is 8.27. The van der Waals surface area contributed by atoms with E-state index in [1.807, 2.05) is 32.0 Å². The highest BCUT2D eigenvalue weighted by molar-refractivity contribution is 7.92. The van der Waals surface area contributed by atoms with Crippen molar-refractivity contribution in [2.45, 2.75) is 39.5 Å². The van der Waals surface area contributed by atoms with E-state index in [-0.39, 0.29) is 12.5 Å². The molecule has 1 amide bonds. The summed E-state index contributed by atoms with van der Waals surface area (Å²) in [6.07, 6.45) is 7.72. The van der Waals surface area contributed by atoms with Gasteiger partial charge in [-0.05, 0) is 50.7 Å². The van der Waals surface area contributed by atoms with E-state index in [2.05, 4.69) is 11.4 Å². The standard InChI is InChI=1S/C18H26N2O3S/c1-14-8-7-9-15(2)18(14)20(24(3,22)23)13-17(21)19-12-16-10-5-4-6-11-16/h7-10H,4-6,11-13H2,1-3H3,(H,19,21). The summed E-state index contributed by atoms with van der Waals surface area (Å²) in [6, 6.07) is 5.58. The molecule has 1 aromatic carbocycles. The van der Waals surface area contributed by atoms with E-state index >= 15 is 0 Å². The zero-order valence-electron chi connectivity index (χ0n) is 14.6. The topological polar surface area (TPSA) is 66.5 Å². The van der Waals surface area contributed by atoms with Gasteiger partial charge in [0.25, 0.3) is 0 Å². The molecule has 0 aliphatic heterocycles. The first kappa shape index (κ1) is 18.5. The lowest BCUT2D eigenvalue weighted by Crippen LogP contribution is -2.41. The second-order valence-corrected chi connectivity index (χ2v) is 8.30. The molecule has 6 heteroatoms. The Kier molecular flexibility index (Phi) is 6.04. The molecule has 0 bridgehead atoms. The molecule has 1 aliphatic rings. The monoisotopic (exact) mass is 350 g/mol. The van der Waals surface area contributed by atoms with Gasteiger partial charge in [0.2, 0.25) is 15.9 Å². The number of nitrogens with one attached hydrogen (secondary N) is 1. The van der Waals surface area contributed by atoms with E-state index in [0.717, 1.165) is 36.6 Å². The number of hydrogen-bond acceptors (Lipinski definition) is 3. The van der Waals surface area contributed by atoms with E-state index in [1.165, 1.54) is 16.3 Å². The van der Waals surface area contributed by atoms with E-state index in [0.29, 0.717) is 12.2 Å². The molecule has 0 atom stereocenters.